The van der Waals surface area contributed by atoms with Crippen LogP contribution in [0.5, 0.6) is 0 Å². The lowest BCUT2D eigenvalue weighted by atomic mass is 10.1. The molecule has 5 nitrogen and oxygen atoms in total. The molecular weight excluding hydrogens is 261 g/mol. The lowest BCUT2D eigenvalue weighted by molar-refractivity contribution is 0.0922. The Bertz CT molecular complexity index is 487. The number of alkyl halides is 1. The maximum Gasteiger partial charge on any atom is 0.273 e. The van der Waals surface area contributed by atoms with E-state index in [0.29, 0.717) is 30.6 Å². The van der Waals surface area contributed by atoms with E-state index in [9.17, 15) is 9.18 Å². The van der Waals surface area contributed by atoms with E-state index in [-0.39, 0.29) is 18.6 Å². The van der Waals surface area contributed by atoms with Gasteiger partial charge < -0.3 is 9.84 Å². The van der Waals surface area contributed by atoms with Crippen molar-refractivity contribution in [3.63, 3.8) is 0 Å². The molecule has 1 saturated heterocycles. The van der Waals surface area contributed by atoms with Crippen LogP contribution >= 0.6 is 0 Å². The minimum absolute atomic E-state index is 0.0510. The van der Waals surface area contributed by atoms with Crippen LogP contribution in [0.4, 0.5) is 4.39 Å². The molecular formula is C14H20FN3O2. The molecule has 2 heterocycles. The molecule has 1 aliphatic carbocycles. The SMILES string of the molecule is C[C@@H]1CN(CCF)C[C@H]1NC(=O)c1cc(C2CC2)on1. The molecule has 0 unspecified atom stereocenters. The molecule has 2 atom stereocenters. The normalized spacial score (nSPS) is 26.9. The monoisotopic (exact) mass is 281 g/mol. The third-order valence-corrected chi connectivity index (χ3v) is 4.15. The second kappa shape index (κ2) is 5.52. The van der Waals surface area contributed by atoms with Crippen LogP contribution in [0.1, 0.15) is 41.9 Å². The van der Waals surface area contributed by atoms with Crippen molar-refractivity contribution in [1.82, 2.24) is 15.4 Å². The average Bonchev–Trinajstić information content (AvgIpc) is 3.05. The summed E-state index contributed by atoms with van der Waals surface area (Å²) in [5.41, 5.74) is 0.350. The highest BCUT2D eigenvalue weighted by Crippen LogP contribution is 2.40. The van der Waals surface area contributed by atoms with Crippen LogP contribution in [0.3, 0.4) is 0 Å². The Morgan fingerprint density at radius 1 is 1.55 bits per heavy atom. The first-order valence-electron chi connectivity index (χ1n) is 7.23. The summed E-state index contributed by atoms with van der Waals surface area (Å²) in [6, 6.07) is 1.79. The zero-order valence-corrected chi connectivity index (χ0v) is 11.6. The maximum absolute atomic E-state index is 12.4. The van der Waals surface area contributed by atoms with Gasteiger partial charge in [-0.1, -0.05) is 12.1 Å². The topological polar surface area (TPSA) is 58.4 Å². The van der Waals surface area contributed by atoms with Gasteiger partial charge in [0.25, 0.3) is 5.91 Å². The molecule has 6 heteroatoms. The maximum atomic E-state index is 12.4. The minimum atomic E-state index is -0.346. The lowest BCUT2D eigenvalue weighted by Gasteiger charge is -2.15. The van der Waals surface area contributed by atoms with Gasteiger partial charge in [-0.25, -0.2) is 4.39 Å². The molecule has 1 amide bonds. The van der Waals surface area contributed by atoms with E-state index in [2.05, 4.69) is 17.4 Å². The van der Waals surface area contributed by atoms with Crippen LogP contribution in [0.2, 0.25) is 0 Å². The largest absolute Gasteiger partial charge is 0.360 e. The van der Waals surface area contributed by atoms with Crippen LogP contribution in [-0.4, -0.2) is 48.3 Å². The van der Waals surface area contributed by atoms with Gasteiger partial charge in [-0.15, -0.1) is 0 Å². The second-order valence-electron chi connectivity index (χ2n) is 5.89. The Hall–Kier alpha value is -1.43. The summed E-state index contributed by atoms with van der Waals surface area (Å²) in [5.74, 6) is 1.39. The predicted octanol–water partition coefficient (Wildman–Crippen LogP) is 1.57. The zero-order chi connectivity index (χ0) is 14.1. The summed E-state index contributed by atoms with van der Waals surface area (Å²) >= 11 is 0. The Kier molecular flexibility index (Phi) is 3.74. The van der Waals surface area contributed by atoms with E-state index in [1.807, 2.05) is 4.90 Å². The molecule has 0 aromatic carbocycles. The first-order chi connectivity index (χ1) is 9.67. The number of amides is 1. The number of hydrogen-bond acceptors (Lipinski definition) is 4. The number of aromatic nitrogens is 1. The highest BCUT2D eigenvalue weighted by Gasteiger charge is 2.32. The number of likely N-dealkylation sites (tertiary alicyclic amines) is 1. The Morgan fingerprint density at radius 3 is 3.05 bits per heavy atom. The van der Waals surface area contributed by atoms with E-state index in [0.717, 1.165) is 25.1 Å². The van der Waals surface area contributed by atoms with Gasteiger partial charge >= 0.3 is 0 Å². The number of carbonyl (C=O) groups is 1. The minimum Gasteiger partial charge on any atom is -0.360 e. The van der Waals surface area contributed by atoms with Crippen LogP contribution in [-0.2, 0) is 0 Å². The second-order valence-corrected chi connectivity index (χ2v) is 5.89. The van der Waals surface area contributed by atoms with Crippen molar-refractivity contribution in [2.45, 2.75) is 31.7 Å². The highest BCUT2D eigenvalue weighted by molar-refractivity contribution is 5.92. The summed E-state index contributed by atoms with van der Waals surface area (Å²) in [7, 11) is 0. The van der Waals surface area contributed by atoms with Gasteiger partial charge in [0.05, 0.1) is 0 Å². The van der Waals surface area contributed by atoms with Crippen LogP contribution in [0, 0.1) is 5.92 Å². The van der Waals surface area contributed by atoms with Crippen molar-refractivity contribution >= 4 is 5.91 Å². The standard InChI is InChI=1S/C14H20FN3O2/c1-9-7-18(5-4-15)8-12(9)16-14(19)11-6-13(20-17-11)10-2-3-10/h6,9-10,12H,2-5,7-8H2,1H3,(H,16,19)/t9-,12-/m1/s1. The molecule has 1 aliphatic heterocycles. The summed E-state index contributed by atoms with van der Waals surface area (Å²) < 4.78 is 17.5. The summed E-state index contributed by atoms with van der Waals surface area (Å²) in [4.78, 5) is 14.2. The van der Waals surface area contributed by atoms with Gasteiger partial charge in [-0.3, -0.25) is 9.69 Å². The van der Waals surface area contributed by atoms with Gasteiger partial charge in [-0.2, -0.15) is 0 Å². The van der Waals surface area contributed by atoms with Crippen molar-refractivity contribution in [1.29, 1.82) is 0 Å². The van der Waals surface area contributed by atoms with Crippen LogP contribution in [0.25, 0.3) is 0 Å². The number of nitrogens with zero attached hydrogens (tertiary/aromatic N) is 2. The molecule has 0 spiro atoms. The van der Waals surface area contributed by atoms with Crippen molar-refractivity contribution in [2.24, 2.45) is 5.92 Å². The fraction of sp³-hybridized carbons (Fsp3) is 0.714. The molecule has 20 heavy (non-hydrogen) atoms. The number of nitrogens with one attached hydrogen (secondary N) is 1. The van der Waals surface area contributed by atoms with E-state index in [4.69, 9.17) is 4.52 Å². The predicted molar refractivity (Wildman–Crippen MR) is 71.3 cm³/mol. The van der Waals surface area contributed by atoms with Gasteiger partial charge in [0, 0.05) is 37.7 Å². The van der Waals surface area contributed by atoms with E-state index >= 15 is 0 Å². The molecule has 0 bridgehead atoms. The van der Waals surface area contributed by atoms with E-state index in [1.165, 1.54) is 0 Å². The zero-order valence-electron chi connectivity index (χ0n) is 11.6. The molecule has 110 valence electrons. The van der Waals surface area contributed by atoms with Gasteiger partial charge in [-0.05, 0) is 18.8 Å². The third kappa shape index (κ3) is 2.85. The Balaban J connectivity index is 1.57. The third-order valence-electron chi connectivity index (χ3n) is 4.15. The smallest absolute Gasteiger partial charge is 0.273 e. The lowest BCUT2D eigenvalue weighted by Crippen LogP contribution is -2.40. The molecule has 1 saturated carbocycles. The highest BCUT2D eigenvalue weighted by atomic mass is 19.1. The van der Waals surface area contributed by atoms with Gasteiger partial charge in [0.15, 0.2) is 5.69 Å². The fourth-order valence-corrected chi connectivity index (χ4v) is 2.76. The molecule has 1 N–H and O–H groups in total. The Labute approximate surface area is 117 Å². The van der Waals surface area contributed by atoms with Crippen LogP contribution < -0.4 is 5.32 Å². The molecule has 2 aliphatic rings. The quantitative estimate of drug-likeness (QED) is 0.890. The molecule has 2 fully saturated rings. The number of hydrogen-bond donors (Lipinski definition) is 1. The fourth-order valence-electron chi connectivity index (χ4n) is 2.76. The van der Waals surface area contributed by atoms with Crippen molar-refractivity contribution in [3.8, 4) is 0 Å². The van der Waals surface area contributed by atoms with Crippen LogP contribution in [0.15, 0.2) is 10.6 Å². The molecule has 1 aromatic rings. The van der Waals surface area contributed by atoms with E-state index in [1.54, 1.807) is 6.07 Å². The first kappa shape index (κ1) is 13.5. The number of carbonyl (C=O) groups excluding carboxylic acids is 1. The molecule has 1 aromatic heterocycles. The van der Waals surface area contributed by atoms with Gasteiger partial charge in [0.1, 0.15) is 12.4 Å². The van der Waals surface area contributed by atoms with Crippen molar-refractivity contribution in [2.75, 3.05) is 26.3 Å². The van der Waals surface area contributed by atoms with Crippen molar-refractivity contribution in [3.05, 3.63) is 17.5 Å². The first-order valence-corrected chi connectivity index (χ1v) is 7.23. The molecule has 3 rings (SSSR count). The summed E-state index contributed by atoms with van der Waals surface area (Å²) in [5, 5.41) is 6.82. The van der Waals surface area contributed by atoms with E-state index < -0.39 is 0 Å². The summed E-state index contributed by atoms with van der Waals surface area (Å²) in [6.45, 7) is 3.68. The van der Waals surface area contributed by atoms with Gasteiger partial charge in [0.2, 0.25) is 0 Å². The van der Waals surface area contributed by atoms with Crippen molar-refractivity contribution < 1.29 is 13.7 Å². The Morgan fingerprint density at radius 2 is 2.35 bits per heavy atom. The molecule has 0 radical (unpaired) electrons. The summed E-state index contributed by atoms with van der Waals surface area (Å²) in [6.07, 6.45) is 2.24. The number of rotatable bonds is 5. The number of halogens is 1. The average molecular weight is 281 g/mol.